The largest absolute Gasteiger partial charge is 0.372 e. The minimum atomic E-state index is 0.147. The lowest BCUT2D eigenvalue weighted by Crippen LogP contribution is -2.39. The molecule has 0 radical (unpaired) electrons. The summed E-state index contributed by atoms with van der Waals surface area (Å²) in [6.45, 7) is 11.2. The third kappa shape index (κ3) is 4.84. The number of nitrogens with zero attached hydrogens (tertiary/aromatic N) is 2. The highest BCUT2D eigenvalue weighted by molar-refractivity contribution is 5.94. The van der Waals surface area contributed by atoms with Crippen LogP contribution in [0.4, 0.5) is 5.69 Å². The molecule has 0 atom stereocenters. The second-order valence-corrected chi connectivity index (χ2v) is 8.34. The summed E-state index contributed by atoms with van der Waals surface area (Å²) in [6.07, 6.45) is 6.86. The van der Waals surface area contributed by atoms with Crippen molar-refractivity contribution in [3.05, 3.63) is 29.8 Å². The zero-order valence-corrected chi connectivity index (χ0v) is 16.2. The van der Waals surface area contributed by atoms with E-state index in [-0.39, 0.29) is 5.78 Å². The van der Waals surface area contributed by atoms with Crippen molar-refractivity contribution in [1.29, 1.82) is 0 Å². The van der Waals surface area contributed by atoms with E-state index in [2.05, 4.69) is 35.8 Å². The van der Waals surface area contributed by atoms with Crippen LogP contribution in [0.15, 0.2) is 24.3 Å². The van der Waals surface area contributed by atoms with Crippen LogP contribution in [0, 0.1) is 11.8 Å². The number of carbonyl (C=O) groups is 1. The van der Waals surface area contributed by atoms with Gasteiger partial charge in [-0.15, -0.1) is 0 Å². The summed E-state index contributed by atoms with van der Waals surface area (Å²) in [5, 5.41) is 0. The molecule has 0 unspecified atom stereocenters. The highest BCUT2D eigenvalue weighted by Crippen LogP contribution is 2.31. The maximum Gasteiger partial charge on any atom is 0.159 e. The molecule has 3 rings (SSSR count). The monoisotopic (exact) mass is 342 g/mol. The van der Waals surface area contributed by atoms with Crippen molar-refractivity contribution in [1.82, 2.24) is 4.90 Å². The molecule has 2 aliphatic rings. The molecule has 3 nitrogen and oxygen atoms in total. The Morgan fingerprint density at radius 2 is 1.48 bits per heavy atom. The third-order valence-electron chi connectivity index (χ3n) is 6.30. The highest BCUT2D eigenvalue weighted by atomic mass is 16.1. The number of piperidine rings is 2. The highest BCUT2D eigenvalue weighted by Gasteiger charge is 2.26. The van der Waals surface area contributed by atoms with Crippen molar-refractivity contribution in [2.24, 2.45) is 11.8 Å². The first-order valence-corrected chi connectivity index (χ1v) is 10.1. The molecule has 2 aliphatic heterocycles. The number of anilines is 1. The maximum absolute atomic E-state index is 11.4. The lowest BCUT2D eigenvalue weighted by Gasteiger charge is -2.38. The minimum absolute atomic E-state index is 0.147. The first kappa shape index (κ1) is 18.4. The van der Waals surface area contributed by atoms with Gasteiger partial charge >= 0.3 is 0 Å². The average Bonchev–Trinajstić information content (AvgIpc) is 2.63. The van der Waals surface area contributed by atoms with Crippen LogP contribution in [0.2, 0.25) is 0 Å². The molecule has 0 N–H and O–H groups in total. The van der Waals surface area contributed by atoms with E-state index in [9.17, 15) is 4.79 Å². The Balaban J connectivity index is 1.44. The normalized spacial score (nSPS) is 21.0. The summed E-state index contributed by atoms with van der Waals surface area (Å²) in [6, 6.07) is 8.86. The third-order valence-corrected chi connectivity index (χ3v) is 6.30. The summed E-state index contributed by atoms with van der Waals surface area (Å²) < 4.78 is 0. The van der Waals surface area contributed by atoms with Crippen molar-refractivity contribution >= 4 is 11.5 Å². The van der Waals surface area contributed by atoms with Gasteiger partial charge in [-0.1, -0.05) is 0 Å². The van der Waals surface area contributed by atoms with Gasteiger partial charge in [-0.25, -0.2) is 0 Å². The average molecular weight is 343 g/mol. The van der Waals surface area contributed by atoms with Crippen molar-refractivity contribution in [2.45, 2.75) is 58.9 Å². The quantitative estimate of drug-likeness (QED) is 0.730. The number of hydrogen-bond donors (Lipinski definition) is 0. The Kier molecular flexibility index (Phi) is 6.16. The number of Topliss-reactive ketones (excluding diaryl/α,β-unsaturated/α-hetero) is 1. The van der Waals surface area contributed by atoms with Gasteiger partial charge in [0, 0.05) is 30.4 Å². The Labute approximate surface area is 153 Å². The molecule has 2 heterocycles. The van der Waals surface area contributed by atoms with Gasteiger partial charge in [-0.2, -0.15) is 0 Å². The van der Waals surface area contributed by atoms with Gasteiger partial charge in [-0.05, 0) is 102 Å². The molecule has 1 aromatic carbocycles. The Bertz CT molecular complexity index is 550. The Morgan fingerprint density at radius 3 is 1.96 bits per heavy atom. The molecule has 0 aliphatic carbocycles. The smallest absolute Gasteiger partial charge is 0.159 e. The topological polar surface area (TPSA) is 23.6 Å². The lowest BCUT2D eigenvalue weighted by atomic mass is 9.82. The molecular formula is C22H34N2O. The number of rotatable bonds is 5. The van der Waals surface area contributed by atoms with Gasteiger partial charge in [0.25, 0.3) is 0 Å². The fourth-order valence-corrected chi connectivity index (χ4v) is 4.51. The summed E-state index contributed by atoms with van der Waals surface area (Å²) >= 11 is 0. The zero-order chi connectivity index (χ0) is 17.8. The predicted octanol–water partition coefficient (Wildman–Crippen LogP) is 4.62. The summed E-state index contributed by atoms with van der Waals surface area (Å²) in [7, 11) is 0. The molecule has 0 amide bonds. The van der Waals surface area contributed by atoms with Crippen molar-refractivity contribution < 1.29 is 4.79 Å². The van der Waals surface area contributed by atoms with E-state index >= 15 is 0 Å². The van der Waals surface area contributed by atoms with E-state index in [1.165, 1.54) is 50.9 Å². The predicted molar refractivity (Wildman–Crippen MR) is 105 cm³/mol. The summed E-state index contributed by atoms with van der Waals surface area (Å²) in [4.78, 5) is 16.5. The first-order valence-electron chi connectivity index (χ1n) is 10.1. The second kappa shape index (κ2) is 8.35. The van der Waals surface area contributed by atoms with E-state index in [1.54, 1.807) is 6.92 Å². The van der Waals surface area contributed by atoms with Crippen LogP contribution in [0.1, 0.15) is 63.2 Å². The Hall–Kier alpha value is -1.35. The second-order valence-electron chi connectivity index (χ2n) is 8.34. The van der Waals surface area contributed by atoms with Crippen LogP contribution < -0.4 is 4.90 Å². The van der Waals surface area contributed by atoms with E-state index in [1.807, 2.05) is 12.1 Å². The van der Waals surface area contributed by atoms with Gasteiger partial charge in [0.15, 0.2) is 5.78 Å². The lowest BCUT2D eigenvalue weighted by molar-refractivity contribution is 0.101. The van der Waals surface area contributed by atoms with Gasteiger partial charge < -0.3 is 9.80 Å². The van der Waals surface area contributed by atoms with Crippen LogP contribution in [0.5, 0.6) is 0 Å². The van der Waals surface area contributed by atoms with Gasteiger partial charge in [0.2, 0.25) is 0 Å². The summed E-state index contributed by atoms with van der Waals surface area (Å²) in [5.41, 5.74) is 2.08. The van der Waals surface area contributed by atoms with Gasteiger partial charge in [0.1, 0.15) is 0 Å². The van der Waals surface area contributed by atoms with Crippen LogP contribution >= 0.6 is 0 Å². The van der Waals surface area contributed by atoms with Crippen molar-refractivity contribution in [3.8, 4) is 0 Å². The summed E-state index contributed by atoms with van der Waals surface area (Å²) in [5.74, 6) is 2.00. The van der Waals surface area contributed by atoms with Crippen molar-refractivity contribution in [3.63, 3.8) is 0 Å². The molecular weight excluding hydrogens is 308 g/mol. The molecule has 2 fully saturated rings. The fraction of sp³-hybridized carbons (Fsp3) is 0.682. The van der Waals surface area contributed by atoms with Crippen LogP contribution in [-0.4, -0.2) is 42.9 Å². The van der Waals surface area contributed by atoms with E-state index < -0.39 is 0 Å². The first-order chi connectivity index (χ1) is 12.0. The number of likely N-dealkylation sites (tertiary alicyclic amines) is 1. The SMILES string of the molecule is CC(=O)c1ccc(N2CCC(CC3CCN(C(C)C)CC3)CC2)cc1. The molecule has 1 aromatic rings. The maximum atomic E-state index is 11.4. The molecule has 25 heavy (non-hydrogen) atoms. The number of benzene rings is 1. The van der Waals surface area contributed by atoms with Crippen molar-refractivity contribution in [2.75, 3.05) is 31.1 Å². The molecule has 138 valence electrons. The Morgan fingerprint density at radius 1 is 0.960 bits per heavy atom. The molecule has 2 saturated heterocycles. The van der Waals surface area contributed by atoms with Crippen LogP contribution in [-0.2, 0) is 0 Å². The number of carbonyl (C=O) groups excluding carboxylic acids is 1. The fourth-order valence-electron chi connectivity index (χ4n) is 4.51. The van der Waals surface area contributed by atoms with E-state index in [4.69, 9.17) is 0 Å². The van der Waals surface area contributed by atoms with E-state index in [0.717, 1.165) is 30.5 Å². The zero-order valence-electron chi connectivity index (χ0n) is 16.2. The molecule has 3 heteroatoms. The minimum Gasteiger partial charge on any atom is -0.372 e. The van der Waals surface area contributed by atoms with E-state index in [0.29, 0.717) is 6.04 Å². The molecule has 0 bridgehead atoms. The standard InChI is InChI=1S/C22H34N2O/c1-17(2)23-12-8-19(9-13-23)16-20-10-14-24(15-11-20)22-6-4-21(5-7-22)18(3)25/h4-7,17,19-20H,8-16H2,1-3H3. The molecule has 0 spiro atoms. The van der Waals surface area contributed by atoms with Gasteiger partial charge in [-0.3, -0.25) is 4.79 Å². The van der Waals surface area contributed by atoms with Crippen LogP contribution in [0.25, 0.3) is 0 Å². The number of ketones is 1. The van der Waals surface area contributed by atoms with Gasteiger partial charge in [0.05, 0.1) is 0 Å². The number of hydrogen-bond acceptors (Lipinski definition) is 3. The molecule has 0 aromatic heterocycles. The molecule has 0 saturated carbocycles. The van der Waals surface area contributed by atoms with Crippen LogP contribution in [0.3, 0.4) is 0 Å².